The van der Waals surface area contributed by atoms with E-state index in [1.54, 1.807) is 0 Å². The fourth-order valence-corrected chi connectivity index (χ4v) is 7.37. The molecule has 7 aromatic rings. The molecule has 2 nitrogen and oxygen atoms in total. The van der Waals surface area contributed by atoms with E-state index in [1.165, 1.54) is 44.8 Å². The molecule has 2 aliphatic rings. The van der Waals surface area contributed by atoms with E-state index in [4.69, 9.17) is 4.98 Å². The van der Waals surface area contributed by atoms with Crippen molar-refractivity contribution in [1.29, 1.82) is 0 Å². The average Bonchev–Trinajstić information content (AvgIpc) is 3.53. The average molecular weight is 627 g/mol. The molecule has 0 spiro atoms. The van der Waals surface area contributed by atoms with Gasteiger partial charge in [-0.25, -0.2) is 4.98 Å². The summed E-state index contributed by atoms with van der Waals surface area (Å²) in [5.41, 5.74) is 15.1. The van der Waals surface area contributed by atoms with E-state index in [0.717, 1.165) is 28.1 Å². The summed E-state index contributed by atoms with van der Waals surface area (Å²) in [6.07, 6.45) is 9.01. The summed E-state index contributed by atoms with van der Waals surface area (Å²) in [6.45, 7) is 0. The lowest BCUT2D eigenvalue weighted by Crippen LogP contribution is -2.28. The number of rotatable bonds is 6. The Morgan fingerprint density at radius 3 is 1.71 bits per heavy atom. The minimum atomic E-state index is 0.272. The second-order valence-electron chi connectivity index (χ2n) is 12.8. The zero-order chi connectivity index (χ0) is 32.6. The summed E-state index contributed by atoms with van der Waals surface area (Å²) in [5, 5.41) is 0. The molecule has 2 heterocycles. The molecule has 1 aliphatic heterocycles. The van der Waals surface area contributed by atoms with Crippen LogP contribution < -0.4 is 4.90 Å². The van der Waals surface area contributed by atoms with Gasteiger partial charge < -0.3 is 4.90 Å². The Morgan fingerprint density at radius 1 is 0.388 bits per heavy atom. The van der Waals surface area contributed by atoms with Crippen LogP contribution in [-0.4, -0.2) is 11.0 Å². The van der Waals surface area contributed by atoms with Gasteiger partial charge in [-0.3, -0.25) is 0 Å². The van der Waals surface area contributed by atoms with Crippen LogP contribution in [0.4, 0.5) is 11.4 Å². The van der Waals surface area contributed by atoms with Crippen molar-refractivity contribution in [3.05, 3.63) is 200 Å². The van der Waals surface area contributed by atoms with Crippen LogP contribution in [0.15, 0.2) is 194 Å². The number of hydrogen-bond acceptors (Lipinski definition) is 2. The molecule has 0 fully saturated rings. The standard InChI is InChI=1S/C47H34N2/c1-3-13-33(14-4-1)34-25-27-35(28-26-34)40-31-44(36-15-5-2-6-16-36)48-45(32-40)39-19-11-17-37(29-39)38-18-12-20-41(30-38)49-46-23-9-7-21-42(46)43-22-8-10-24-47(43)49/h1-32,42,46H. The fraction of sp³-hybridized carbons (Fsp3) is 0.0426. The van der Waals surface area contributed by atoms with Gasteiger partial charge in [-0.15, -0.1) is 0 Å². The van der Waals surface area contributed by atoms with Crippen molar-refractivity contribution in [1.82, 2.24) is 4.98 Å². The topological polar surface area (TPSA) is 16.1 Å². The maximum atomic E-state index is 5.23. The molecule has 2 unspecified atom stereocenters. The maximum absolute atomic E-state index is 5.23. The minimum absolute atomic E-state index is 0.272. The SMILES string of the molecule is C1=CC2c3ccccc3N(c3cccc(-c4cccc(-c5cc(-c6ccc(-c7ccccc7)cc6)cc(-c6ccccc6)n5)c4)c3)C2C=C1. The van der Waals surface area contributed by atoms with E-state index in [0.29, 0.717) is 5.92 Å². The van der Waals surface area contributed by atoms with Crippen molar-refractivity contribution in [2.75, 3.05) is 4.90 Å². The molecular weight excluding hydrogens is 593 g/mol. The zero-order valence-electron chi connectivity index (χ0n) is 27.0. The number of anilines is 2. The normalized spacial score (nSPS) is 16.0. The van der Waals surface area contributed by atoms with Crippen LogP contribution in [0.3, 0.4) is 0 Å². The number of allylic oxidation sites excluding steroid dienone is 2. The van der Waals surface area contributed by atoms with E-state index >= 15 is 0 Å². The Balaban J connectivity index is 1.10. The molecule has 2 atom stereocenters. The molecule has 0 saturated carbocycles. The fourth-order valence-electron chi connectivity index (χ4n) is 7.37. The molecule has 2 heteroatoms. The van der Waals surface area contributed by atoms with Crippen molar-refractivity contribution in [2.24, 2.45) is 0 Å². The van der Waals surface area contributed by atoms with E-state index < -0.39 is 0 Å². The molecule has 0 radical (unpaired) electrons. The number of nitrogens with zero attached hydrogens (tertiary/aromatic N) is 2. The lowest BCUT2D eigenvalue weighted by Gasteiger charge is -2.29. The maximum Gasteiger partial charge on any atom is 0.0715 e. The second kappa shape index (κ2) is 12.4. The zero-order valence-corrected chi connectivity index (χ0v) is 27.0. The Hall–Kier alpha value is -6.25. The van der Waals surface area contributed by atoms with Crippen molar-refractivity contribution < 1.29 is 0 Å². The van der Waals surface area contributed by atoms with Gasteiger partial charge in [0.15, 0.2) is 0 Å². The van der Waals surface area contributed by atoms with Crippen LogP contribution in [0.1, 0.15) is 11.5 Å². The Morgan fingerprint density at radius 2 is 0.939 bits per heavy atom. The smallest absolute Gasteiger partial charge is 0.0715 e. The van der Waals surface area contributed by atoms with Crippen LogP contribution in [0, 0.1) is 0 Å². The molecule has 0 amide bonds. The first kappa shape index (κ1) is 28.9. The van der Waals surface area contributed by atoms with Gasteiger partial charge in [-0.2, -0.15) is 0 Å². The predicted octanol–water partition coefficient (Wildman–Crippen LogP) is 12.1. The summed E-state index contributed by atoms with van der Waals surface area (Å²) in [6, 6.07) is 61.2. The number of para-hydroxylation sites is 1. The Bertz CT molecular complexity index is 2340. The van der Waals surface area contributed by atoms with E-state index in [9.17, 15) is 0 Å². The third kappa shape index (κ3) is 5.48. The largest absolute Gasteiger partial charge is 0.333 e. The van der Waals surface area contributed by atoms with Crippen LogP contribution >= 0.6 is 0 Å². The van der Waals surface area contributed by atoms with Crippen LogP contribution in [0.5, 0.6) is 0 Å². The van der Waals surface area contributed by atoms with Gasteiger partial charge in [0.2, 0.25) is 0 Å². The van der Waals surface area contributed by atoms with Gasteiger partial charge in [0.1, 0.15) is 0 Å². The summed E-state index contributed by atoms with van der Waals surface area (Å²) in [5.74, 6) is 0.361. The van der Waals surface area contributed by atoms with Crippen molar-refractivity contribution in [2.45, 2.75) is 12.0 Å². The Kier molecular flexibility index (Phi) is 7.33. The second-order valence-corrected chi connectivity index (χ2v) is 12.8. The first-order valence-corrected chi connectivity index (χ1v) is 17.0. The summed E-state index contributed by atoms with van der Waals surface area (Å²) < 4.78 is 0. The monoisotopic (exact) mass is 626 g/mol. The molecule has 232 valence electrons. The highest BCUT2D eigenvalue weighted by molar-refractivity contribution is 5.82. The number of fused-ring (bicyclic) bond motifs is 3. The molecule has 1 aromatic heterocycles. The molecule has 49 heavy (non-hydrogen) atoms. The highest BCUT2D eigenvalue weighted by Gasteiger charge is 2.37. The van der Waals surface area contributed by atoms with Gasteiger partial charge in [0, 0.05) is 28.4 Å². The summed E-state index contributed by atoms with van der Waals surface area (Å²) in [4.78, 5) is 7.72. The molecule has 9 rings (SSSR count). The third-order valence-electron chi connectivity index (χ3n) is 9.80. The van der Waals surface area contributed by atoms with Crippen LogP contribution in [-0.2, 0) is 0 Å². The third-order valence-corrected chi connectivity index (χ3v) is 9.80. The van der Waals surface area contributed by atoms with E-state index in [-0.39, 0.29) is 6.04 Å². The number of pyridine rings is 1. The number of hydrogen-bond donors (Lipinski definition) is 0. The lowest BCUT2D eigenvalue weighted by atomic mass is 9.91. The van der Waals surface area contributed by atoms with Gasteiger partial charge in [0.05, 0.1) is 17.4 Å². The first-order chi connectivity index (χ1) is 24.3. The highest BCUT2D eigenvalue weighted by atomic mass is 15.2. The quantitative estimate of drug-likeness (QED) is 0.183. The predicted molar refractivity (Wildman–Crippen MR) is 205 cm³/mol. The van der Waals surface area contributed by atoms with Gasteiger partial charge in [-0.1, -0.05) is 158 Å². The summed E-state index contributed by atoms with van der Waals surface area (Å²) in [7, 11) is 0. The van der Waals surface area contributed by atoms with Crippen molar-refractivity contribution in [3.8, 4) is 55.9 Å². The van der Waals surface area contributed by atoms with Crippen LogP contribution in [0.25, 0.3) is 55.9 Å². The van der Waals surface area contributed by atoms with Gasteiger partial charge in [-0.05, 0) is 75.3 Å². The summed E-state index contributed by atoms with van der Waals surface area (Å²) >= 11 is 0. The first-order valence-electron chi connectivity index (χ1n) is 17.0. The van der Waals surface area contributed by atoms with Crippen molar-refractivity contribution in [3.63, 3.8) is 0 Å². The van der Waals surface area contributed by atoms with Crippen molar-refractivity contribution >= 4 is 11.4 Å². The van der Waals surface area contributed by atoms with Gasteiger partial charge in [0.25, 0.3) is 0 Å². The molecule has 1 aliphatic carbocycles. The van der Waals surface area contributed by atoms with E-state index in [1.807, 2.05) is 0 Å². The minimum Gasteiger partial charge on any atom is -0.333 e. The molecular formula is C47H34N2. The number of aromatic nitrogens is 1. The number of benzene rings is 6. The molecule has 0 saturated heterocycles. The van der Waals surface area contributed by atoms with E-state index in [2.05, 4.69) is 199 Å². The lowest BCUT2D eigenvalue weighted by molar-refractivity contribution is 0.745. The Labute approximate surface area is 288 Å². The molecule has 0 N–H and O–H groups in total. The van der Waals surface area contributed by atoms with Crippen LogP contribution in [0.2, 0.25) is 0 Å². The molecule has 0 bridgehead atoms. The molecule has 6 aromatic carbocycles. The highest BCUT2D eigenvalue weighted by Crippen LogP contribution is 2.48. The van der Waals surface area contributed by atoms with Gasteiger partial charge >= 0.3 is 0 Å².